The number of pyridine rings is 1. The van der Waals surface area contributed by atoms with E-state index in [0.717, 1.165) is 11.3 Å². The van der Waals surface area contributed by atoms with Gasteiger partial charge in [0.25, 0.3) is 0 Å². The summed E-state index contributed by atoms with van der Waals surface area (Å²) in [7, 11) is 0. The van der Waals surface area contributed by atoms with E-state index in [1.165, 1.54) is 0 Å². The van der Waals surface area contributed by atoms with Crippen molar-refractivity contribution in [3.63, 3.8) is 0 Å². The lowest BCUT2D eigenvalue weighted by Gasteiger charge is -2.10. The maximum absolute atomic E-state index is 11.0. The Kier molecular flexibility index (Phi) is 2.00. The molecule has 0 bridgehead atoms. The molecule has 1 aliphatic rings. The number of aliphatic carboxylic acids is 1. The standard InChI is InChI=1S/C10H10ClNO2/c1-6-4-7(5-8(11)12-6)10(2-3-10)9(13)14/h4-5H,2-3H2,1H3,(H,13,14). The highest BCUT2D eigenvalue weighted by Crippen LogP contribution is 2.48. The van der Waals surface area contributed by atoms with Gasteiger partial charge in [-0.25, -0.2) is 4.98 Å². The number of hydrogen-bond donors (Lipinski definition) is 1. The highest BCUT2D eigenvalue weighted by Gasteiger charge is 2.51. The largest absolute Gasteiger partial charge is 0.481 e. The summed E-state index contributed by atoms with van der Waals surface area (Å²) < 4.78 is 0. The third-order valence-corrected chi connectivity index (χ3v) is 2.83. The van der Waals surface area contributed by atoms with Gasteiger partial charge in [0.05, 0.1) is 5.41 Å². The van der Waals surface area contributed by atoms with Gasteiger partial charge >= 0.3 is 5.97 Å². The van der Waals surface area contributed by atoms with E-state index in [1.54, 1.807) is 12.1 Å². The van der Waals surface area contributed by atoms with E-state index in [9.17, 15) is 4.79 Å². The van der Waals surface area contributed by atoms with Gasteiger partial charge in [-0.15, -0.1) is 0 Å². The number of carboxylic acids is 1. The maximum atomic E-state index is 11.0. The Morgan fingerprint density at radius 1 is 1.57 bits per heavy atom. The highest BCUT2D eigenvalue weighted by molar-refractivity contribution is 6.29. The smallest absolute Gasteiger partial charge is 0.314 e. The number of rotatable bonds is 2. The minimum atomic E-state index is -0.765. The fourth-order valence-electron chi connectivity index (χ4n) is 1.66. The Balaban J connectivity index is 2.47. The predicted octanol–water partition coefficient (Wildman–Crippen LogP) is 2.16. The van der Waals surface area contributed by atoms with Crippen molar-refractivity contribution in [1.82, 2.24) is 4.98 Å². The van der Waals surface area contributed by atoms with Crippen molar-refractivity contribution in [3.05, 3.63) is 28.5 Å². The first kappa shape index (κ1) is 9.46. The number of halogens is 1. The topological polar surface area (TPSA) is 50.2 Å². The monoisotopic (exact) mass is 211 g/mol. The van der Waals surface area contributed by atoms with Crippen molar-refractivity contribution < 1.29 is 9.90 Å². The molecule has 0 aliphatic heterocycles. The number of carbonyl (C=O) groups is 1. The average molecular weight is 212 g/mol. The van der Waals surface area contributed by atoms with Crippen LogP contribution in [0.5, 0.6) is 0 Å². The van der Waals surface area contributed by atoms with Crippen LogP contribution in [0.3, 0.4) is 0 Å². The van der Waals surface area contributed by atoms with Crippen LogP contribution in [0.15, 0.2) is 12.1 Å². The van der Waals surface area contributed by atoms with Crippen molar-refractivity contribution in [2.75, 3.05) is 0 Å². The van der Waals surface area contributed by atoms with E-state index in [2.05, 4.69) is 4.98 Å². The number of hydrogen-bond acceptors (Lipinski definition) is 2. The number of aromatic nitrogens is 1. The molecule has 1 N–H and O–H groups in total. The first-order valence-electron chi connectivity index (χ1n) is 4.43. The quantitative estimate of drug-likeness (QED) is 0.763. The zero-order valence-corrected chi connectivity index (χ0v) is 8.51. The van der Waals surface area contributed by atoms with Crippen LogP contribution >= 0.6 is 11.6 Å². The van der Waals surface area contributed by atoms with Crippen LogP contribution in [0.1, 0.15) is 24.1 Å². The van der Waals surface area contributed by atoms with E-state index >= 15 is 0 Å². The molecule has 1 aromatic heterocycles. The molecule has 0 unspecified atom stereocenters. The molecule has 4 heteroatoms. The lowest BCUT2D eigenvalue weighted by molar-refractivity contribution is -0.140. The molecule has 0 aromatic carbocycles. The summed E-state index contributed by atoms with van der Waals surface area (Å²) >= 11 is 5.78. The maximum Gasteiger partial charge on any atom is 0.314 e. The third kappa shape index (κ3) is 1.38. The Morgan fingerprint density at radius 2 is 2.21 bits per heavy atom. The Labute approximate surface area is 86.7 Å². The van der Waals surface area contributed by atoms with Crippen LogP contribution in [-0.2, 0) is 10.2 Å². The number of nitrogens with zero attached hydrogens (tertiary/aromatic N) is 1. The van der Waals surface area contributed by atoms with Gasteiger partial charge in [-0.05, 0) is 37.5 Å². The van der Waals surface area contributed by atoms with Crippen LogP contribution < -0.4 is 0 Å². The fourth-order valence-corrected chi connectivity index (χ4v) is 1.91. The van der Waals surface area contributed by atoms with Gasteiger partial charge in [0, 0.05) is 5.69 Å². The van der Waals surface area contributed by atoms with Gasteiger partial charge in [0.1, 0.15) is 5.15 Å². The second-order valence-electron chi connectivity index (χ2n) is 3.71. The van der Waals surface area contributed by atoms with Gasteiger partial charge in [0.2, 0.25) is 0 Å². The van der Waals surface area contributed by atoms with Crippen molar-refractivity contribution >= 4 is 17.6 Å². The molecule has 0 spiro atoms. The van der Waals surface area contributed by atoms with Gasteiger partial charge in [-0.2, -0.15) is 0 Å². The Morgan fingerprint density at radius 3 is 2.64 bits per heavy atom. The van der Waals surface area contributed by atoms with Crippen molar-refractivity contribution in [2.24, 2.45) is 0 Å². The second-order valence-corrected chi connectivity index (χ2v) is 4.09. The summed E-state index contributed by atoms with van der Waals surface area (Å²) in [5, 5.41) is 9.44. The molecule has 0 saturated heterocycles. The van der Waals surface area contributed by atoms with Crippen LogP contribution in [0, 0.1) is 6.92 Å². The number of carboxylic acid groups (broad SMARTS) is 1. The Hall–Kier alpha value is -1.09. The summed E-state index contributed by atoms with van der Waals surface area (Å²) in [6, 6.07) is 3.45. The van der Waals surface area contributed by atoms with Crippen LogP contribution in [-0.4, -0.2) is 16.1 Å². The van der Waals surface area contributed by atoms with Gasteiger partial charge in [-0.3, -0.25) is 4.79 Å². The SMILES string of the molecule is Cc1cc(C2(C(=O)O)CC2)cc(Cl)n1. The zero-order valence-electron chi connectivity index (χ0n) is 7.75. The van der Waals surface area contributed by atoms with Gasteiger partial charge in [-0.1, -0.05) is 11.6 Å². The normalized spacial score (nSPS) is 17.9. The zero-order chi connectivity index (χ0) is 10.3. The molecule has 1 saturated carbocycles. The molecule has 1 aliphatic carbocycles. The molecule has 74 valence electrons. The number of aryl methyl sites for hydroxylation is 1. The fraction of sp³-hybridized carbons (Fsp3) is 0.400. The molecule has 1 aromatic rings. The summed E-state index contributed by atoms with van der Waals surface area (Å²) in [6.07, 6.45) is 1.39. The molecular formula is C10H10ClNO2. The average Bonchev–Trinajstić information content (AvgIpc) is 2.81. The lowest BCUT2D eigenvalue weighted by Crippen LogP contribution is -2.19. The molecule has 0 amide bonds. The molecular weight excluding hydrogens is 202 g/mol. The lowest BCUT2D eigenvalue weighted by atomic mass is 9.97. The molecule has 1 fully saturated rings. The summed E-state index contributed by atoms with van der Waals surface area (Å²) in [4.78, 5) is 15.1. The van der Waals surface area contributed by atoms with E-state index in [4.69, 9.17) is 16.7 Å². The first-order valence-corrected chi connectivity index (χ1v) is 4.80. The molecule has 14 heavy (non-hydrogen) atoms. The van der Waals surface area contributed by atoms with E-state index in [1.807, 2.05) is 6.92 Å². The second kappa shape index (κ2) is 2.95. The molecule has 1 heterocycles. The van der Waals surface area contributed by atoms with Crippen molar-refractivity contribution in [2.45, 2.75) is 25.2 Å². The van der Waals surface area contributed by atoms with Crippen LogP contribution in [0.4, 0.5) is 0 Å². The van der Waals surface area contributed by atoms with Crippen LogP contribution in [0.2, 0.25) is 5.15 Å². The van der Waals surface area contributed by atoms with Crippen molar-refractivity contribution in [3.8, 4) is 0 Å². The van der Waals surface area contributed by atoms with Crippen LogP contribution in [0.25, 0.3) is 0 Å². The third-order valence-electron chi connectivity index (χ3n) is 2.63. The van der Waals surface area contributed by atoms with E-state index < -0.39 is 11.4 Å². The Bertz CT molecular complexity index is 379. The molecule has 0 atom stereocenters. The minimum Gasteiger partial charge on any atom is -0.481 e. The van der Waals surface area contributed by atoms with Crippen molar-refractivity contribution in [1.29, 1.82) is 0 Å². The summed E-state index contributed by atoms with van der Waals surface area (Å²) in [6.45, 7) is 1.81. The first-order chi connectivity index (χ1) is 6.54. The van der Waals surface area contributed by atoms with Gasteiger partial charge in [0.15, 0.2) is 0 Å². The van der Waals surface area contributed by atoms with E-state index in [0.29, 0.717) is 18.0 Å². The minimum absolute atomic E-state index is 0.368. The van der Waals surface area contributed by atoms with Gasteiger partial charge < -0.3 is 5.11 Å². The highest BCUT2D eigenvalue weighted by atomic mass is 35.5. The van der Waals surface area contributed by atoms with E-state index in [-0.39, 0.29) is 0 Å². The summed E-state index contributed by atoms with van der Waals surface area (Å²) in [5.41, 5.74) is 0.861. The molecule has 2 rings (SSSR count). The summed E-state index contributed by atoms with van der Waals surface area (Å²) in [5.74, 6) is -0.765. The molecule has 3 nitrogen and oxygen atoms in total. The predicted molar refractivity (Wildman–Crippen MR) is 52.5 cm³/mol. The molecule has 0 radical (unpaired) electrons.